The number of carbonyl (C=O) groups excluding carboxylic acids is 2. The van der Waals surface area contributed by atoms with E-state index in [0.717, 1.165) is 0 Å². The number of thiazole rings is 1. The molecule has 2 N–H and O–H groups in total. The van der Waals surface area contributed by atoms with Gasteiger partial charge in [0.1, 0.15) is 17.3 Å². The summed E-state index contributed by atoms with van der Waals surface area (Å²) in [6.07, 6.45) is 1.77. The van der Waals surface area contributed by atoms with Crippen molar-refractivity contribution in [1.82, 2.24) is 20.1 Å². The van der Waals surface area contributed by atoms with Crippen LogP contribution in [0.15, 0.2) is 46.0 Å². The molecule has 1 aromatic heterocycles. The second-order valence-electron chi connectivity index (χ2n) is 11.7. The number of amidine groups is 1. The lowest BCUT2D eigenvalue weighted by molar-refractivity contribution is -0.160. The van der Waals surface area contributed by atoms with Gasteiger partial charge in [0.05, 0.1) is 24.6 Å². The van der Waals surface area contributed by atoms with Crippen molar-refractivity contribution in [3.63, 3.8) is 0 Å². The molecule has 0 saturated carbocycles. The van der Waals surface area contributed by atoms with Crippen LogP contribution < -0.4 is 5.32 Å². The molecule has 5 rings (SSSR count). The van der Waals surface area contributed by atoms with Crippen LogP contribution in [0.4, 0.5) is 13.2 Å². The number of piperidine rings is 1. The Morgan fingerprint density at radius 3 is 2.68 bits per heavy atom. The Balaban J connectivity index is 1.52. The zero-order chi connectivity index (χ0) is 32.0. The summed E-state index contributed by atoms with van der Waals surface area (Å²) in [5.41, 5.74) is -0.653. The molecule has 0 radical (unpaired) electrons. The molecule has 1 aromatic carbocycles. The quantitative estimate of drug-likeness (QED) is 0.333. The molecule has 0 aliphatic carbocycles. The number of carboxylic acids is 1. The lowest BCUT2D eigenvalue weighted by Gasteiger charge is -2.40. The number of alkyl halides is 2. The van der Waals surface area contributed by atoms with Gasteiger partial charge in [-0.3, -0.25) is 19.5 Å². The zero-order valence-electron chi connectivity index (χ0n) is 24.8. The topological polar surface area (TPSA) is 124 Å². The minimum absolute atomic E-state index is 0.0521. The summed E-state index contributed by atoms with van der Waals surface area (Å²) >= 11 is 1.29. The first-order valence-corrected chi connectivity index (χ1v) is 15.2. The van der Waals surface area contributed by atoms with E-state index in [2.05, 4.69) is 10.3 Å². The van der Waals surface area contributed by atoms with Crippen molar-refractivity contribution in [2.24, 2.45) is 16.3 Å². The molecule has 3 aliphatic rings. The number of carboxylic acid groups (broad SMARTS) is 1. The van der Waals surface area contributed by atoms with E-state index >= 15 is 8.78 Å². The maximum Gasteiger partial charge on any atom is 0.338 e. The monoisotopic (exact) mass is 633 g/mol. The summed E-state index contributed by atoms with van der Waals surface area (Å²) in [4.78, 5) is 50.0. The third-order valence-corrected chi connectivity index (χ3v) is 9.36. The first-order chi connectivity index (χ1) is 20.8. The van der Waals surface area contributed by atoms with Crippen LogP contribution in [0.5, 0.6) is 0 Å². The number of hydrogen-bond donors (Lipinski definition) is 2. The Labute approximate surface area is 256 Å². The second-order valence-corrected chi connectivity index (χ2v) is 12.6. The molecule has 3 aliphatic heterocycles. The van der Waals surface area contributed by atoms with Crippen LogP contribution in [0.1, 0.15) is 49.4 Å². The van der Waals surface area contributed by atoms with E-state index in [-0.39, 0.29) is 43.8 Å². The van der Waals surface area contributed by atoms with Crippen molar-refractivity contribution < 1.29 is 37.4 Å². The number of likely N-dealkylation sites (tertiary alicyclic amines) is 2. The Hall–Kier alpha value is -3.78. The van der Waals surface area contributed by atoms with Gasteiger partial charge in [0.15, 0.2) is 10.8 Å². The first-order valence-electron chi connectivity index (χ1n) is 14.3. The number of halogens is 3. The van der Waals surface area contributed by atoms with Gasteiger partial charge in [0.2, 0.25) is 5.91 Å². The molecule has 236 valence electrons. The SMILES string of the molecule is CCOC(=O)C1=C(CN2CC(F)(F)C3CN(C(=O)C(C)(C)C(=O)O)CCC32)NC(c2nccs2)=N[C@H]1c1cccc(F)c1C. The van der Waals surface area contributed by atoms with Gasteiger partial charge in [-0.15, -0.1) is 11.3 Å². The minimum Gasteiger partial charge on any atom is -0.480 e. The summed E-state index contributed by atoms with van der Waals surface area (Å²) in [5.74, 6) is -7.34. The summed E-state index contributed by atoms with van der Waals surface area (Å²) in [6, 6.07) is 2.85. The molecule has 10 nitrogen and oxygen atoms in total. The fourth-order valence-corrected chi connectivity index (χ4v) is 6.70. The minimum atomic E-state index is -3.19. The molecule has 0 spiro atoms. The van der Waals surface area contributed by atoms with Crippen LogP contribution in [0, 0.1) is 24.1 Å². The maximum atomic E-state index is 15.6. The van der Waals surface area contributed by atoms with Crippen LogP contribution in [0.3, 0.4) is 0 Å². The average molecular weight is 634 g/mol. The van der Waals surface area contributed by atoms with Gasteiger partial charge >= 0.3 is 11.9 Å². The van der Waals surface area contributed by atoms with E-state index in [1.165, 1.54) is 42.2 Å². The highest BCUT2D eigenvalue weighted by Crippen LogP contribution is 2.44. The van der Waals surface area contributed by atoms with Crippen LogP contribution in [-0.4, -0.2) is 88.3 Å². The fourth-order valence-electron chi connectivity index (χ4n) is 6.11. The number of benzene rings is 1. The Kier molecular flexibility index (Phi) is 8.60. The number of rotatable bonds is 8. The number of fused-ring (bicyclic) bond motifs is 1. The number of aromatic nitrogens is 1. The van der Waals surface area contributed by atoms with Crippen LogP contribution >= 0.6 is 11.3 Å². The van der Waals surface area contributed by atoms with Crippen molar-refractivity contribution in [1.29, 1.82) is 0 Å². The van der Waals surface area contributed by atoms with Crippen LogP contribution in [0.25, 0.3) is 0 Å². The van der Waals surface area contributed by atoms with Crippen LogP contribution in [0.2, 0.25) is 0 Å². The molecule has 2 fully saturated rings. The van der Waals surface area contributed by atoms with E-state index in [0.29, 0.717) is 22.1 Å². The lowest BCUT2D eigenvalue weighted by atomic mass is 9.86. The van der Waals surface area contributed by atoms with Crippen molar-refractivity contribution in [3.05, 3.63) is 63.0 Å². The van der Waals surface area contributed by atoms with E-state index in [9.17, 15) is 23.9 Å². The van der Waals surface area contributed by atoms with Crippen molar-refractivity contribution in [2.45, 2.75) is 52.1 Å². The number of ether oxygens (including phenoxy) is 1. The highest BCUT2D eigenvalue weighted by Gasteiger charge is 2.57. The zero-order valence-corrected chi connectivity index (χ0v) is 25.6. The van der Waals surface area contributed by atoms with Gasteiger partial charge in [0, 0.05) is 43.0 Å². The van der Waals surface area contributed by atoms with E-state index < -0.39 is 59.5 Å². The van der Waals surface area contributed by atoms with Crippen LogP contribution in [-0.2, 0) is 19.1 Å². The number of esters is 1. The summed E-state index contributed by atoms with van der Waals surface area (Å²) in [6.45, 7) is 4.88. The normalized spacial score (nSPS) is 23.6. The molecular weight excluding hydrogens is 599 g/mol. The Morgan fingerprint density at radius 2 is 2.02 bits per heavy atom. The highest BCUT2D eigenvalue weighted by molar-refractivity contribution is 7.11. The number of aliphatic carboxylic acids is 1. The highest BCUT2D eigenvalue weighted by atomic mass is 32.1. The van der Waals surface area contributed by atoms with E-state index in [1.807, 2.05) is 0 Å². The van der Waals surface area contributed by atoms with Gasteiger partial charge in [-0.05, 0) is 51.3 Å². The van der Waals surface area contributed by atoms with Gasteiger partial charge in [-0.1, -0.05) is 12.1 Å². The molecule has 2 saturated heterocycles. The number of amides is 1. The molecule has 14 heteroatoms. The van der Waals surface area contributed by atoms with Gasteiger partial charge in [-0.2, -0.15) is 0 Å². The lowest BCUT2D eigenvalue weighted by Crippen LogP contribution is -2.55. The Morgan fingerprint density at radius 1 is 1.27 bits per heavy atom. The maximum absolute atomic E-state index is 15.6. The van der Waals surface area contributed by atoms with Gasteiger partial charge < -0.3 is 20.1 Å². The third-order valence-electron chi connectivity index (χ3n) is 8.58. The van der Waals surface area contributed by atoms with E-state index in [4.69, 9.17) is 9.73 Å². The van der Waals surface area contributed by atoms with Crippen molar-refractivity contribution in [3.8, 4) is 0 Å². The molecule has 1 amide bonds. The fraction of sp³-hybridized carbons (Fsp3) is 0.500. The predicted molar refractivity (Wildman–Crippen MR) is 156 cm³/mol. The number of nitrogens with zero attached hydrogens (tertiary/aromatic N) is 4. The molecule has 44 heavy (non-hydrogen) atoms. The van der Waals surface area contributed by atoms with E-state index in [1.54, 1.807) is 36.4 Å². The number of hydrogen-bond acceptors (Lipinski definition) is 9. The number of nitrogens with one attached hydrogen (secondary N) is 1. The molecule has 2 unspecified atom stereocenters. The standard InChI is InChI=1S/C30H34F3N5O5S/c1-5-43-26(39)22-20(35-24(25-34-10-12-44-25)36-23(22)17-7-6-8-19(31)16(17)2)14-38-15-30(32,33)18-13-37(11-9-21(18)38)27(40)29(3,4)28(41)42/h6-8,10,12,18,21,23H,5,9,11,13-15H2,1-4H3,(H,35,36)(H,41,42)/t18?,21?,23-/m0/s1. The molecule has 4 heterocycles. The molecular formula is C30H34F3N5O5S. The molecule has 0 bridgehead atoms. The molecule has 3 atom stereocenters. The Bertz CT molecular complexity index is 1530. The predicted octanol–water partition coefficient (Wildman–Crippen LogP) is 3.78. The summed E-state index contributed by atoms with van der Waals surface area (Å²) in [7, 11) is 0. The van der Waals surface area contributed by atoms with Crippen molar-refractivity contribution >= 4 is 35.0 Å². The molecule has 2 aromatic rings. The number of carbonyl (C=O) groups is 3. The first kappa shape index (κ1) is 31.6. The van der Waals surface area contributed by atoms with Gasteiger partial charge in [-0.25, -0.2) is 22.9 Å². The average Bonchev–Trinajstić information content (AvgIpc) is 3.60. The van der Waals surface area contributed by atoms with Crippen molar-refractivity contribution in [2.75, 3.05) is 32.8 Å². The largest absolute Gasteiger partial charge is 0.480 e. The second kappa shape index (κ2) is 12.0. The number of aliphatic imine (C=N–C) groups is 1. The van der Waals surface area contributed by atoms with Gasteiger partial charge in [0.25, 0.3) is 5.92 Å². The summed E-state index contributed by atoms with van der Waals surface area (Å²) < 4.78 is 51.3. The summed E-state index contributed by atoms with van der Waals surface area (Å²) in [5, 5.41) is 14.9. The third kappa shape index (κ3) is 5.72. The smallest absolute Gasteiger partial charge is 0.338 e.